The van der Waals surface area contributed by atoms with Crippen LogP contribution in [0.2, 0.25) is 5.02 Å². The van der Waals surface area contributed by atoms with Crippen molar-refractivity contribution in [3.8, 4) is 0 Å². The summed E-state index contributed by atoms with van der Waals surface area (Å²) in [5, 5.41) is 3.58. The van der Waals surface area contributed by atoms with E-state index in [9.17, 15) is 9.18 Å². The van der Waals surface area contributed by atoms with Crippen LogP contribution in [0.4, 0.5) is 4.39 Å². The summed E-state index contributed by atoms with van der Waals surface area (Å²) in [6.07, 6.45) is 3.52. The van der Waals surface area contributed by atoms with Crippen molar-refractivity contribution in [1.29, 1.82) is 0 Å². The zero-order valence-electron chi connectivity index (χ0n) is 13.1. The van der Waals surface area contributed by atoms with Crippen LogP contribution in [0.15, 0.2) is 18.2 Å². The predicted molar refractivity (Wildman–Crippen MR) is 91.7 cm³/mol. The van der Waals surface area contributed by atoms with E-state index in [1.807, 2.05) is 0 Å². The van der Waals surface area contributed by atoms with Gasteiger partial charge in [0.1, 0.15) is 5.82 Å². The molecule has 1 aromatic carbocycles. The van der Waals surface area contributed by atoms with Crippen LogP contribution in [0.1, 0.15) is 38.7 Å². The van der Waals surface area contributed by atoms with Crippen LogP contribution in [0.5, 0.6) is 0 Å². The summed E-state index contributed by atoms with van der Waals surface area (Å²) in [6, 6.07) is 4.68. The maximum atomic E-state index is 13.0. The first kappa shape index (κ1) is 17.6. The summed E-state index contributed by atoms with van der Waals surface area (Å²) >= 11 is 7.49. The van der Waals surface area contributed by atoms with Gasteiger partial charge in [0.05, 0.1) is 5.75 Å². The van der Waals surface area contributed by atoms with Crippen molar-refractivity contribution >= 4 is 29.3 Å². The summed E-state index contributed by atoms with van der Waals surface area (Å²) in [5.41, 5.74) is 0.862. The van der Waals surface area contributed by atoms with Gasteiger partial charge in [-0.3, -0.25) is 4.79 Å². The lowest BCUT2D eigenvalue weighted by molar-refractivity contribution is -0.119. The van der Waals surface area contributed by atoms with E-state index < -0.39 is 0 Å². The van der Waals surface area contributed by atoms with Gasteiger partial charge in [-0.05, 0) is 36.0 Å². The summed E-state index contributed by atoms with van der Waals surface area (Å²) < 4.78 is 13.0. The van der Waals surface area contributed by atoms with E-state index in [0.717, 1.165) is 12.0 Å². The molecule has 1 aromatic rings. The first-order valence-electron chi connectivity index (χ1n) is 7.78. The van der Waals surface area contributed by atoms with E-state index in [1.165, 1.54) is 36.7 Å². The Bertz CT molecular complexity index is 525. The Labute approximate surface area is 141 Å². The number of nitrogens with one attached hydrogen (secondary N) is 1. The third kappa shape index (κ3) is 4.88. The Morgan fingerprint density at radius 2 is 2.18 bits per heavy atom. The topological polar surface area (TPSA) is 29.1 Å². The van der Waals surface area contributed by atoms with Gasteiger partial charge < -0.3 is 5.32 Å². The molecule has 0 spiro atoms. The molecule has 1 fully saturated rings. The largest absolute Gasteiger partial charge is 0.352 e. The monoisotopic (exact) mass is 343 g/mol. The molecule has 0 saturated heterocycles. The van der Waals surface area contributed by atoms with Gasteiger partial charge in [-0.25, -0.2) is 4.39 Å². The van der Waals surface area contributed by atoms with Gasteiger partial charge in [0.15, 0.2) is 0 Å². The molecular weight excluding hydrogens is 321 g/mol. The van der Waals surface area contributed by atoms with Gasteiger partial charge in [0, 0.05) is 16.8 Å². The Morgan fingerprint density at radius 1 is 1.41 bits per heavy atom. The van der Waals surface area contributed by atoms with Gasteiger partial charge >= 0.3 is 0 Å². The standard InChI is InChI=1S/C17H23ClFNOS/c1-11-4-3-5-16(12(11)2)20-17(21)10-22-9-13-6-7-14(19)8-15(13)18/h6-8,11-12,16H,3-5,9-10H2,1-2H3,(H,20,21)/t11-,12-,16-/m1/s1. The fourth-order valence-corrected chi connectivity index (χ4v) is 4.08. The highest BCUT2D eigenvalue weighted by molar-refractivity contribution is 7.99. The summed E-state index contributed by atoms with van der Waals surface area (Å²) in [4.78, 5) is 12.1. The van der Waals surface area contributed by atoms with Crippen LogP contribution >= 0.6 is 23.4 Å². The quantitative estimate of drug-likeness (QED) is 0.842. The number of amides is 1. The molecular formula is C17H23ClFNOS. The average Bonchev–Trinajstić information content (AvgIpc) is 2.46. The molecule has 2 nitrogen and oxygen atoms in total. The van der Waals surface area contributed by atoms with E-state index in [4.69, 9.17) is 11.6 Å². The molecule has 0 unspecified atom stereocenters. The minimum atomic E-state index is -0.336. The molecule has 122 valence electrons. The first-order chi connectivity index (χ1) is 10.5. The number of benzene rings is 1. The molecule has 1 aliphatic rings. The second-order valence-corrected chi connectivity index (χ2v) is 7.56. The normalized spacial score (nSPS) is 25.0. The molecule has 0 radical (unpaired) electrons. The molecule has 1 N–H and O–H groups in total. The maximum absolute atomic E-state index is 13.0. The molecule has 1 aliphatic carbocycles. The summed E-state index contributed by atoms with van der Waals surface area (Å²) in [6.45, 7) is 4.48. The van der Waals surface area contributed by atoms with Crippen LogP contribution in [0.3, 0.4) is 0 Å². The van der Waals surface area contributed by atoms with E-state index in [2.05, 4.69) is 19.2 Å². The number of halogens is 2. The van der Waals surface area contributed by atoms with Crippen molar-refractivity contribution < 1.29 is 9.18 Å². The molecule has 0 heterocycles. The highest BCUT2D eigenvalue weighted by atomic mass is 35.5. The van der Waals surface area contributed by atoms with Crippen molar-refractivity contribution in [2.45, 2.75) is 44.9 Å². The minimum Gasteiger partial charge on any atom is -0.352 e. The van der Waals surface area contributed by atoms with Gasteiger partial charge in [-0.2, -0.15) is 0 Å². The Kier molecular flexibility index (Phi) is 6.57. The highest BCUT2D eigenvalue weighted by Gasteiger charge is 2.27. The number of hydrogen-bond donors (Lipinski definition) is 1. The molecule has 0 aromatic heterocycles. The predicted octanol–water partition coefficient (Wildman–Crippen LogP) is 4.65. The van der Waals surface area contributed by atoms with Crippen LogP contribution in [0, 0.1) is 17.7 Å². The zero-order valence-corrected chi connectivity index (χ0v) is 14.6. The Morgan fingerprint density at radius 3 is 2.91 bits per heavy atom. The fraction of sp³-hybridized carbons (Fsp3) is 0.588. The van der Waals surface area contributed by atoms with E-state index in [1.54, 1.807) is 6.07 Å². The maximum Gasteiger partial charge on any atom is 0.230 e. The molecule has 22 heavy (non-hydrogen) atoms. The molecule has 1 saturated carbocycles. The number of carbonyl (C=O) groups excluding carboxylic acids is 1. The van der Waals surface area contributed by atoms with Crippen LogP contribution in [-0.4, -0.2) is 17.7 Å². The Hall–Kier alpha value is -0.740. The zero-order chi connectivity index (χ0) is 16.1. The summed E-state index contributed by atoms with van der Waals surface area (Å²) in [7, 11) is 0. The molecule has 3 atom stereocenters. The van der Waals surface area contributed by atoms with Crippen LogP contribution < -0.4 is 5.32 Å². The lowest BCUT2D eigenvalue weighted by Gasteiger charge is -2.34. The molecule has 0 bridgehead atoms. The van der Waals surface area contributed by atoms with E-state index >= 15 is 0 Å². The van der Waals surface area contributed by atoms with Crippen molar-refractivity contribution in [3.05, 3.63) is 34.6 Å². The first-order valence-corrected chi connectivity index (χ1v) is 9.31. The number of thioether (sulfide) groups is 1. The van der Waals surface area contributed by atoms with Crippen LogP contribution in [-0.2, 0) is 10.5 Å². The van der Waals surface area contributed by atoms with Crippen molar-refractivity contribution in [1.82, 2.24) is 5.32 Å². The fourth-order valence-electron chi connectivity index (χ4n) is 2.93. The highest BCUT2D eigenvalue weighted by Crippen LogP contribution is 2.29. The lowest BCUT2D eigenvalue weighted by Crippen LogP contribution is -2.44. The molecule has 5 heteroatoms. The van der Waals surface area contributed by atoms with Crippen molar-refractivity contribution in [3.63, 3.8) is 0 Å². The Balaban J connectivity index is 1.76. The number of rotatable bonds is 5. The van der Waals surface area contributed by atoms with E-state index in [-0.39, 0.29) is 11.7 Å². The smallest absolute Gasteiger partial charge is 0.230 e. The second-order valence-electron chi connectivity index (χ2n) is 6.17. The average molecular weight is 344 g/mol. The SMILES string of the molecule is C[C@@H]1[C@H](C)CCC[C@H]1NC(=O)CSCc1ccc(F)cc1Cl. The number of carbonyl (C=O) groups is 1. The van der Waals surface area contributed by atoms with Gasteiger partial charge in [-0.1, -0.05) is 44.4 Å². The van der Waals surface area contributed by atoms with Gasteiger partial charge in [-0.15, -0.1) is 11.8 Å². The molecule has 0 aliphatic heterocycles. The second kappa shape index (κ2) is 8.21. The lowest BCUT2D eigenvalue weighted by atomic mass is 9.78. The molecule has 1 amide bonds. The van der Waals surface area contributed by atoms with Crippen molar-refractivity contribution in [2.24, 2.45) is 11.8 Å². The molecule has 2 rings (SSSR count). The van der Waals surface area contributed by atoms with E-state index in [0.29, 0.717) is 34.4 Å². The van der Waals surface area contributed by atoms with Crippen molar-refractivity contribution in [2.75, 3.05) is 5.75 Å². The summed E-state index contributed by atoms with van der Waals surface area (Å²) in [5.74, 6) is 1.97. The third-order valence-electron chi connectivity index (χ3n) is 4.56. The van der Waals surface area contributed by atoms with Gasteiger partial charge in [0.2, 0.25) is 5.91 Å². The third-order valence-corrected chi connectivity index (χ3v) is 5.89. The van der Waals surface area contributed by atoms with Gasteiger partial charge in [0.25, 0.3) is 0 Å². The number of hydrogen-bond acceptors (Lipinski definition) is 2. The van der Waals surface area contributed by atoms with Crippen LogP contribution in [0.25, 0.3) is 0 Å². The minimum absolute atomic E-state index is 0.0779.